The van der Waals surface area contributed by atoms with Gasteiger partial charge in [-0.25, -0.2) is 19.9 Å². The van der Waals surface area contributed by atoms with E-state index in [9.17, 15) is 0 Å². The third-order valence-electron chi connectivity index (χ3n) is 6.94. The van der Waals surface area contributed by atoms with Crippen molar-refractivity contribution in [3.05, 3.63) is 69.9 Å². The molecule has 0 fully saturated rings. The highest BCUT2D eigenvalue weighted by atomic mass is 35.5. The van der Waals surface area contributed by atoms with E-state index in [-0.39, 0.29) is 45.0 Å². The molecule has 0 aliphatic carbocycles. The monoisotopic (exact) mass is 716 g/mol. The first-order valence-corrected chi connectivity index (χ1v) is 14.9. The minimum Gasteiger partial charge on any atom is -0.407 e. The Balaban J connectivity index is 1.38. The Labute approximate surface area is 285 Å². The Morgan fingerprint density at radius 1 is 0.292 bits per heavy atom. The summed E-state index contributed by atoms with van der Waals surface area (Å²) >= 11 is 24.0. The molecule has 0 amide bonds. The number of pyridine rings is 4. The van der Waals surface area contributed by atoms with E-state index >= 15 is 0 Å². The first kappa shape index (κ1) is 28.5. The Morgan fingerprint density at radius 2 is 0.479 bits per heavy atom. The third-order valence-corrected chi connectivity index (χ3v) is 7.55. The molecular formula is C28H8Cl4N12O4. The average Bonchev–Trinajstić information content (AvgIpc) is 3.93. The van der Waals surface area contributed by atoms with Crippen LogP contribution in [0.25, 0.3) is 91.4 Å². The van der Waals surface area contributed by atoms with Crippen molar-refractivity contribution < 1.29 is 17.7 Å². The first-order valence-electron chi connectivity index (χ1n) is 13.4. The summed E-state index contributed by atoms with van der Waals surface area (Å²) in [6.45, 7) is 0. The van der Waals surface area contributed by atoms with E-state index in [0.717, 1.165) is 0 Å². The smallest absolute Gasteiger partial charge is 0.313 e. The van der Waals surface area contributed by atoms with Crippen molar-refractivity contribution in [3.63, 3.8) is 0 Å². The van der Waals surface area contributed by atoms with Gasteiger partial charge in [0.2, 0.25) is 23.6 Å². The molecule has 20 heteroatoms. The number of aromatic nitrogens is 12. The van der Waals surface area contributed by atoms with E-state index in [0.29, 0.717) is 67.8 Å². The van der Waals surface area contributed by atoms with Gasteiger partial charge in [-0.1, -0.05) is 20.4 Å². The summed E-state index contributed by atoms with van der Waals surface area (Å²) in [6.07, 6.45) is 0. The number of hydrogen-bond acceptors (Lipinski definition) is 16. The van der Waals surface area contributed by atoms with Crippen LogP contribution < -0.4 is 0 Å². The van der Waals surface area contributed by atoms with Gasteiger partial charge in [0.25, 0.3) is 0 Å². The van der Waals surface area contributed by atoms with Crippen molar-refractivity contribution in [1.82, 2.24) is 60.7 Å². The summed E-state index contributed by atoms with van der Waals surface area (Å²) in [4.78, 5) is 19.7. The van der Waals surface area contributed by atoms with Crippen LogP contribution in [0.3, 0.4) is 0 Å². The van der Waals surface area contributed by atoms with E-state index in [1.807, 2.05) is 0 Å². The fourth-order valence-electron chi connectivity index (χ4n) is 4.95. The van der Waals surface area contributed by atoms with Crippen molar-refractivity contribution in [2.75, 3.05) is 0 Å². The Morgan fingerprint density at radius 3 is 0.625 bits per heavy atom. The van der Waals surface area contributed by atoms with Crippen molar-refractivity contribution in [2.45, 2.75) is 0 Å². The highest BCUT2D eigenvalue weighted by Crippen LogP contribution is 2.38. The largest absolute Gasteiger partial charge is 0.407 e. The minimum atomic E-state index is -0.145. The van der Waals surface area contributed by atoms with Gasteiger partial charge in [-0.15, -0.1) is 20.4 Å². The van der Waals surface area contributed by atoms with E-state index in [4.69, 9.17) is 84.0 Å². The molecule has 16 nitrogen and oxygen atoms in total. The summed E-state index contributed by atoms with van der Waals surface area (Å²) in [5.74, 6) is 0.525. The standard InChI is InChI=1S/C28H8Cl4N12O4/c29-25-41-37-21(45-25)9-1-13-14-3-10(22-38-42-26(30)46-22)4-17(34-14)18-6-12(24-40-44-28(32)48-24)8-20(36-18)19-7-11(23-39-43-27(31)47-23)5-16(35-19)15(2-9)33-13/h1-8H. The van der Waals surface area contributed by atoms with Crippen LogP contribution in [0.2, 0.25) is 21.4 Å². The van der Waals surface area contributed by atoms with Gasteiger partial charge in [0.15, 0.2) is 0 Å². The topological polar surface area (TPSA) is 207 Å². The van der Waals surface area contributed by atoms with E-state index in [2.05, 4.69) is 40.8 Å². The molecule has 0 radical (unpaired) electrons. The maximum Gasteiger partial charge on any atom is 0.313 e. The lowest BCUT2D eigenvalue weighted by atomic mass is 10.0. The summed E-state index contributed by atoms with van der Waals surface area (Å²) in [7, 11) is 0. The zero-order chi connectivity index (χ0) is 32.5. The van der Waals surface area contributed by atoms with Gasteiger partial charge in [0, 0.05) is 22.3 Å². The van der Waals surface area contributed by atoms with Crippen molar-refractivity contribution in [1.29, 1.82) is 0 Å². The Kier molecular flexibility index (Phi) is 6.51. The molecule has 1 aliphatic rings. The number of nitrogens with zero attached hydrogens (tertiary/aromatic N) is 12. The minimum absolute atomic E-state index is 0.131. The van der Waals surface area contributed by atoms with Crippen LogP contribution in [0.4, 0.5) is 0 Å². The van der Waals surface area contributed by atoms with Gasteiger partial charge in [-0.05, 0) is 94.9 Å². The van der Waals surface area contributed by atoms with Crippen LogP contribution in [0.15, 0.2) is 66.2 Å². The molecule has 0 saturated carbocycles. The van der Waals surface area contributed by atoms with Gasteiger partial charge in [0.1, 0.15) is 0 Å². The van der Waals surface area contributed by atoms with Crippen LogP contribution in [0.1, 0.15) is 0 Å². The summed E-state index contributed by atoms with van der Waals surface area (Å²) in [5, 5.41) is 30.8. The normalized spacial score (nSPS) is 11.8. The first-order chi connectivity index (χ1) is 23.3. The van der Waals surface area contributed by atoms with Crippen LogP contribution in [-0.4, -0.2) is 60.7 Å². The molecule has 0 unspecified atom stereocenters. The average molecular weight is 718 g/mol. The predicted octanol–water partition coefficient (Wildman–Crippen LogP) is 7.06. The molecule has 8 aromatic heterocycles. The highest BCUT2D eigenvalue weighted by Gasteiger charge is 2.23. The molecule has 48 heavy (non-hydrogen) atoms. The summed E-state index contributed by atoms with van der Waals surface area (Å²) in [5.41, 5.74) is 4.91. The number of halogens is 4. The molecule has 0 N–H and O–H groups in total. The van der Waals surface area contributed by atoms with Crippen molar-refractivity contribution >= 4 is 46.4 Å². The zero-order valence-corrected chi connectivity index (χ0v) is 26.2. The van der Waals surface area contributed by atoms with Crippen LogP contribution in [0, 0.1) is 0 Å². The van der Waals surface area contributed by atoms with E-state index < -0.39 is 0 Å². The molecule has 8 bridgehead atoms. The molecule has 9 rings (SSSR count). The van der Waals surface area contributed by atoms with Crippen molar-refractivity contribution in [2.24, 2.45) is 0 Å². The lowest BCUT2D eigenvalue weighted by molar-refractivity contribution is 0.570. The summed E-state index contributed by atoms with van der Waals surface area (Å²) in [6, 6.07) is 13.6. The number of fused-ring (bicyclic) bond motifs is 12. The van der Waals surface area contributed by atoms with Gasteiger partial charge in [-0.3, -0.25) is 0 Å². The fraction of sp³-hybridized carbons (Fsp3) is 0. The van der Waals surface area contributed by atoms with Crippen LogP contribution in [0.5, 0.6) is 0 Å². The fourth-order valence-corrected chi connectivity index (χ4v) is 5.40. The van der Waals surface area contributed by atoms with Gasteiger partial charge in [-0.2, -0.15) is 0 Å². The molecule has 232 valence electrons. The second-order valence-corrected chi connectivity index (χ2v) is 11.2. The van der Waals surface area contributed by atoms with E-state index in [1.54, 1.807) is 48.5 Å². The predicted molar refractivity (Wildman–Crippen MR) is 166 cm³/mol. The third kappa shape index (κ3) is 5.12. The Bertz CT molecular complexity index is 2130. The molecule has 0 aromatic carbocycles. The molecule has 8 aromatic rings. The SMILES string of the molecule is Clc1nnc(-c2cc3nc(c2)-c2cc(-c4nnc(Cl)o4)cc(n2)-c2cc(-c4nnc(Cl)o4)cc(n2)-c2cc(-c4nnc(Cl)o4)cc-3n2)o1. The lowest BCUT2D eigenvalue weighted by Gasteiger charge is -2.14. The lowest BCUT2D eigenvalue weighted by Crippen LogP contribution is -2.01. The molecule has 0 saturated heterocycles. The van der Waals surface area contributed by atoms with Gasteiger partial charge in [0.05, 0.1) is 45.6 Å². The van der Waals surface area contributed by atoms with E-state index in [1.165, 1.54) is 0 Å². The molecular weight excluding hydrogens is 710 g/mol. The molecule has 1 aliphatic heterocycles. The Hall–Kier alpha value is -5.68. The molecule has 0 atom stereocenters. The zero-order valence-electron chi connectivity index (χ0n) is 23.1. The molecule has 0 spiro atoms. The number of rotatable bonds is 4. The second kappa shape index (κ2) is 11.0. The van der Waals surface area contributed by atoms with Crippen LogP contribution in [-0.2, 0) is 0 Å². The van der Waals surface area contributed by atoms with Gasteiger partial charge >= 0.3 is 21.4 Å². The highest BCUT2D eigenvalue weighted by molar-refractivity contribution is 6.28. The quantitative estimate of drug-likeness (QED) is 0.178. The number of hydrogen-bond donors (Lipinski definition) is 0. The maximum absolute atomic E-state index is 5.99. The molecule has 9 heterocycles. The van der Waals surface area contributed by atoms with Crippen LogP contribution >= 0.6 is 46.4 Å². The van der Waals surface area contributed by atoms with Crippen molar-refractivity contribution in [3.8, 4) is 91.4 Å². The van der Waals surface area contributed by atoms with Gasteiger partial charge < -0.3 is 17.7 Å². The second-order valence-electron chi connectivity index (χ2n) is 9.95. The summed E-state index contributed by atoms with van der Waals surface area (Å²) < 4.78 is 22.2. The maximum atomic E-state index is 5.99.